The fourth-order valence-electron chi connectivity index (χ4n) is 8.30. The smallest absolute Gasteiger partial charge is 0.164 e. The second-order valence-electron chi connectivity index (χ2n) is 15.2. The zero-order chi connectivity index (χ0) is 38.3. The molecule has 0 atom stereocenters. The van der Waals surface area contributed by atoms with Crippen LogP contribution in [0.1, 0.15) is 0 Å². The second kappa shape index (κ2) is 14.2. The van der Waals surface area contributed by atoms with Crippen LogP contribution in [0.2, 0.25) is 13.1 Å². The van der Waals surface area contributed by atoms with E-state index in [1.165, 1.54) is 49.3 Å². The van der Waals surface area contributed by atoms with Gasteiger partial charge < -0.3 is 0 Å². The topological polar surface area (TPSA) is 38.7 Å². The van der Waals surface area contributed by atoms with E-state index >= 15 is 0 Å². The summed E-state index contributed by atoms with van der Waals surface area (Å²) >= 11 is 0. The van der Waals surface area contributed by atoms with Gasteiger partial charge in [-0.3, -0.25) is 0 Å². The van der Waals surface area contributed by atoms with E-state index in [2.05, 4.69) is 201 Å². The van der Waals surface area contributed by atoms with Crippen molar-refractivity contribution in [3.63, 3.8) is 0 Å². The molecule has 0 unspecified atom stereocenters. The van der Waals surface area contributed by atoms with Gasteiger partial charge in [0.1, 0.15) is 8.07 Å². The van der Waals surface area contributed by atoms with Crippen molar-refractivity contribution in [3.8, 4) is 89.8 Å². The summed E-state index contributed by atoms with van der Waals surface area (Å²) in [4.78, 5) is 15.1. The van der Waals surface area contributed by atoms with Crippen molar-refractivity contribution in [2.75, 3.05) is 0 Å². The van der Waals surface area contributed by atoms with Crippen LogP contribution in [0.3, 0.4) is 0 Å². The van der Waals surface area contributed by atoms with Gasteiger partial charge in [0.2, 0.25) is 0 Å². The van der Waals surface area contributed by atoms with Gasteiger partial charge >= 0.3 is 0 Å². The third kappa shape index (κ3) is 6.40. The number of hydrogen-bond donors (Lipinski definition) is 0. The Labute approximate surface area is 335 Å². The van der Waals surface area contributed by atoms with Gasteiger partial charge in [-0.2, -0.15) is 0 Å². The molecule has 1 aliphatic rings. The van der Waals surface area contributed by atoms with E-state index in [4.69, 9.17) is 15.0 Å². The first-order valence-corrected chi connectivity index (χ1v) is 22.5. The summed E-state index contributed by atoms with van der Waals surface area (Å²) in [7, 11) is -1.73. The molecule has 8 aromatic carbocycles. The van der Waals surface area contributed by atoms with Gasteiger partial charge in [-0.1, -0.05) is 213 Å². The van der Waals surface area contributed by atoms with E-state index in [0.29, 0.717) is 17.5 Å². The van der Waals surface area contributed by atoms with Crippen molar-refractivity contribution in [2.45, 2.75) is 13.1 Å². The highest BCUT2D eigenvalue weighted by atomic mass is 28.3. The third-order valence-electron chi connectivity index (χ3n) is 11.4. The summed E-state index contributed by atoms with van der Waals surface area (Å²) in [6.07, 6.45) is 0. The summed E-state index contributed by atoms with van der Waals surface area (Å²) in [5.41, 5.74) is 15.2. The summed E-state index contributed by atoms with van der Waals surface area (Å²) in [5.74, 6) is 1.92. The quantitative estimate of drug-likeness (QED) is 0.153. The Morgan fingerprint density at radius 3 is 1.02 bits per heavy atom. The maximum atomic E-state index is 5.05. The molecule has 0 fully saturated rings. The lowest BCUT2D eigenvalue weighted by Gasteiger charge is -2.19. The molecule has 3 nitrogen and oxygen atoms in total. The van der Waals surface area contributed by atoms with Crippen molar-refractivity contribution < 1.29 is 0 Å². The molecule has 0 radical (unpaired) electrons. The molecule has 57 heavy (non-hydrogen) atoms. The van der Waals surface area contributed by atoms with Crippen molar-refractivity contribution in [1.29, 1.82) is 0 Å². The molecule has 0 bridgehead atoms. The first kappa shape index (κ1) is 34.5. The molecular formula is C53H39N3Si. The molecule has 4 heteroatoms. The number of nitrogens with zero attached hydrogens (tertiary/aromatic N) is 3. The molecule has 0 amide bonds. The number of aromatic nitrogens is 3. The zero-order valence-electron chi connectivity index (χ0n) is 31.9. The fourth-order valence-corrected chi connectivity index (χ4v) is 11.4. The number of fused-ring (bicyclic) bond motifs is 3. The molecule has 0 saturated carbocycles. The molecule has 0 spiro atoms. The molecule has 270 valence electrons. The highest BCUT2D eigenvalue weighted by Crippen LogP contribution is 2.37. The number of rotatable bonds is 7. The first-order chi connectivity index (χ1) is 28.0. The highest BCUT2D eigenvalue weighted by Gasteiger charge is 2.38. The molecule has 1 aliphatic heterocycles. The molecule has 1 aromatic heterocycles. The van der Waals surface area contributed by atoms with Gasteiger partial charge in [0.25, 0.3) is 0 Å². The normalized spacial score (nSPS) is 12.5. The van der Waals surface area contributed by atoms with Gasteiger partial charge in [-0.25, -0.2) is 15.0 Å². The third-order valence-corrected chi connectivity index (χ3v) is 15.0. The second-order valence-corrected chi connectivity index (χ2v) is 19.6. The van der Waals surface area contributed by atoms with Crippen LogP contribution < -0.4 is 10.4 Å². The SMILES string of the molecule is C[Si]1(C)c2ccccc2-c2c(-c3ccc(-c4ccc(-c5nc(-c6ccc(-c7ccccc7)cc6)nc(-c6ccc(-c7ccccc7)cc6)n5)cc4)cc3)cccc21. The summed E-state index contributed by atoms with van der Waals surface area (Å²) < 4.78 is 0. The van der Waals surface area contributed by atoms with Crippen LogP contribution >= 0.6 is 0 Å². The minimum absolute atomic E-state index is 0.640. The Hall–Kier alpha value is -7.01. The molecule has 0 N–H and O–H groups in total. The predicted octanol–water partition coefficient (Wildman–Crippen LogP) is 12.3. The fraction of sp³-hybridized carbons (Fsp3) is 0.0377. The van der Waals surface area contributed by atoms with Crippen LogP contribution in [0.4, 0.5) is 0 Å². The predicted molar refractivity (Wildman–Crippen MR) is 240 cm³/mol. The summed E-state index contributed by atoms with van der Waals surface area (Å²) in [6, 6.07) is 71.2. The van der Waals surface area contributed by atoms with Crippen LogP contribution in [0, 0.1) is 0 Å². The van der Waals surface area contributed by atoms with Crippen molar-refractivity contribution in [3.05, 3.63) is 200 Å². The van der Waals surface area contributed by atoms with E-state index < -0.39 is 8.07 Å². The van der Waals surface area contributed by atoms with Gasteiger partial charge in [-0.05, 0) is 66.0 Å². The average molecular weight is 746 g/mol. The van der Waals surface area contributed by atoms with Crippen LogP contribution in [0.25, 0.3) is 89.8 Å². The molecule has 10 rings (SSSR count). The monoisotopic (exact) mass is 745 g/mol. The van der Waals surface area contributed by atoms with Crippen LogP contribution in [0.15, 0.2) is 200 Å². The molecule has 0 saturated heterocycles. The summed E-state index contributed by atoms with van der Waals surface area (Å²) in [5, 5.41) is 3.06. The van der Waals surface area contributed by atoms with Crippen molar-refractivity contribution in [2.24, 2.45) is 0 Å². The lowest BCUT2D eigenvalue weighted by atomic mass is 9.93. The van der Waals surface area contributed by atoms with Gasteiger partial charge in [0.15, 0.2) is 17.5 Å². The van der Waals surface area contributed by atoms with E-state index in [-0.39, 0.29) is 0 Å². The minimum atomic E-state index is -1.73. The van der Waals surface area contributed by atoms with Crippen molar-refractivity contribution >= 4 is 18.4 Å². The van der Waals surface area contributed by atoms with Crippen LogP contribution in [-0.2, 0) is 0 Å². The van der Waals surface area contributed by atoms with Gasteiger partial charge in [-0.15, -0.1) is 0 Å². The zero-order valence-corrected chi connectivity index (χ0v) is 32.9. The Balaban J connectivity index is 0.978. The lowest BCUT2D eigenvalue weighted by Crippen LogP contribution is -2.49. The van der Waals surface area contributed by atoms with E-state index in [0.717, 1.165) is 33.4 Å². The number of hydrogen-bond acceptors (Lipinski definition) is 3. The largest absolute Gasteiger partial charge is 0.208 e. The lowest BCUT2D eigenvalue weighted by molar-refractivity contribution is 1.07. The van der Waals surface area contributed by atoms with Crippen LogP contribution in [-0.4, -0.2) is 23.0 Å². The van der Waals surface area contributed by atoms with Crippen LogP contribution in [0.5, 0.6) is 0 Å². The van der Waals surface area contributed by atoms with Crippen molar-refractivity contribution in [1.82, 2.24) is 15.0 Å². The van der Waals surface area contributed by atoms with Gasteiger partial charge in [0, 0.05) is 16.7 Å². The molecular weight excluding hydrogens is 707 g/mol. The highest BCUT2D eigenvalue weighted by molar-refractivity contribution is 7.04. The Bertz CT molecular complexity index is 2770. The standard InChI is InChI=1S/C53H39N3Si/c1-57(2)48-18-10-9-16-47(48)50-46(17-11-19-49(50)57)42-28-20-40(21-29-42)41-26-34-45(35-27-41)53-55-51(43-30-22-38(23-31-43)36-12-5-3-6-13-36)54-52(56-53)44-32-24-39(25-33-44)37-14-7-4-8-15-37/h3-35H,1-2H3. The maximum Gasteiger partial charge on any atom is 0.164 e. The maximum absolute atomic E-state index is 5.05. The van der Waals surface area contributed by atoms with E-state index in [9.17, 15) is 0 Å². The Morgan fingerprint density at radius 2 is 0.579 bits per heavy atom. The first-order valence-electron chi connectivity index (χ1n) is 19.5. The molecule has 9 aromatic rings. The Kier molecular flexibility index (Phi) is 8.62. The van der Waals surface area contributed by atoms with E-state index in [1.54, 1.807) is 0 Å². The summed E-state index contributed by atoms with van der Waals surface area (Å²) in [6.45, 7) is 4.94. The molecule has 2 heterocycles. The molecule has 0 aliphatic carbocycles. The van der Waals surface area contributed by atoms with E-state index in [1.807, 2.05) is 12.1 Å². The minimum Gasteiger partial charge on any atom is -0.208 e. The number of benzene rings is 8. The van der Waals surface area contributed by atoms with Gasteiger partial charge in [0.05, 0.1) is 0 Å². The average Bonchev–Trinajstić information content (AvgIpc) is 3.53. The Morgan fingerprint density at radius 1 is 0.263 bits per heavy atom.